The van der Waals surface area contributed by atoms with E-state index in [1.165, 1.54) is 0 Å². The molecule has 0 saturated heterocycles. The van der Waals surface area contributed by atoms with Gasteiger partial charge in [0, 0.05) is 35.5 Å². The summed E-state index contributed by atoms with van der Waals surface area (Å²) in [5.41, 5.74) is 10.3. The van der Waals surface area contributed by atoms with Crippen LogP contribution in [0.5, 0.6) is 0 Å². The summed E-state index contributed by atoms with van der Waals surface area (Å²) in [6, 6.07) is 0. The molecule has 0 aromatic heterocycles. The molecule has 0 aliphatic rings. The van der Waals surface area contributed by atoms with Gasteiger partial charge in [0.1, 0.15) is 0 Å². The van der Waals surface area contributed by atoms with E-state index in [-0.39, 0.29) is 35.5 Å². The van der Waals surface area contributed by atoms with Crippen molar-refractivity contribution in [1.29, 1.82) is 0 Å². The standard InChI is InChI=1S/C6H14N3.Np/c1-6(2,3)9-5(8)4-7;/h9H,7-8H2,1-3H3;/q-1;. The monoisotopic (exact) mass is 364 g/mol. The molecule has 10 heavy (non-hydrogen) atoms. The average molecular weight is 365 g/mol. The Morgan fingerprint density at radius 1 is 1.40 bits per heavy atom. The van der Waals surface area contributed by atoms with Gasteiger partial charge in [0.25, 0.3) is 0 Å². The predicted molar refractivity (Wildman–Crippen MR) is 38.0 cm³/mol. The van der Waals surface area contributed by atoms with Crippen LogP contribution in [0.2, 0.25) is 0 Å². The van der Waals surface area contributed by atoms with Crippen molar-refractivity contribution in [3.63, 3.8) is 0 Å². The first kappa shape index (κ1) is 12.8. The maximum Gasteiger partial charge on any atom is 0.0275 e. The van der Waals surface area contributed by atoms with E-state index in [9.17, 15) is 0 Å². The van der Waals surface area contributed by atoms with Crippen molar-refractivity contribution < 1.29 is 29.9 Å². The minimum atomic E-state index is -0.0313. The quantitative estimate of drug-likeness (QED) is 0.449. The minimum absolute atomic E-state index is 0. The summed E-state index contributed by atoms with van der Waals surface area (Å²) in [6.45, 7) is 5.99. The summed E-state index contributed by atoms with van der Waals surface area (Å²) >= 11 is 0. The van der Waals surface area contributed by atoms with Gasteiger partial charge in [-0.1, -0.05) is 5.82 Å². The molecule has 0 aliphatic heterocycles. The number of hydrogen-bond acceptors (Lipinski definition) is 3. The molecule has 1 radical (unpaired) electrons. The van der Waals surface area contributed by atoms with Crippen molar-refractivity contribution in [2.24, 2.45) is 11.5 Å². The van der Waals surface area contributed by atoms with E-state index in [1.807, 2.05) is 20.8 Å². The third-order valence-corrected chi connectivity index (χ3v) is 0.665. The van der Waals surface area contributed by atoms with Crippen molar-refractivity contribution in [2.75, 3.05) is 0 Å². The smallest absolute Gasteiger partial charge is 0.0275 e. The van der Waals surface area contributed by atoms with Crippen molar-refractivity contribution in [2.45, 2.75) is 26.3 Å². The molecule has 0 spiro atoms. The second-order valence-corrected chi connectivity index (χ2v) is 2.93. The molecule has 0 bridgehead atoms. The summed E-state index contributed by atoms with van der Waals surface area (Å²) in [5, 5.41) is 2.93. The average Bonchev–Trinajstić information content (AvgIpc) is 1.62. The normalized spacial score (nSPS) is 12.1. The number of nitrogens with one attached hydrogen (secondary N) is 1. The second-order valence-electron chi connectivity index (χ2n) is 2.93. The number of hydrogen-bond donors (Lipinski definition) is 3. The van der Waals surface area contributed by atoms with Crippen LogP contribution in [0.4, 0.5) is 0 Å². The van der Waals surface area contributed by atoms with Crippen LogP contribution in [0.1, 0.15) is 20.8 Å². The summed E-state index contributed by atoms with van der Waals surface area (Å²) in [4.78, 5) is 0. The van der Waals surface area contributed by atoms with Crippen molar-refractivity contribution in [1.82, 2.24) is 5.32 Å². The number of nitrogens with two attached hydrogens (primary N) is 2. The first-order valence-electron chi connectivity index (χ1n) is 2.83. The Morgan fingerprint density at radius 3 is 1.90 bits per heavy atom. The van der Waals surface area contributed by atoms with Crippen LogP contribution in [0.15, 0.2) is 5.82 Å². The Labute approximate surface area is 84.9 Å². The van der Waals surface area contributed by atoms with E-state index < -0.39 is 0 Å². The molecule has 0 saturated carbocycles. The summed E-state index contributed by atoms with van der Waals surface area (Å²) in [6.07, 6.45) is 2.30. The topological polar surface area (TPSA) is 64.1 Å². The number of rotatable bonds is 1. The SMILES string of the molecule is CC(C)(C)NC(N)=[C-]N.[Np]. The Hall–Kier alpha value is 0.153. The predicted octanol–water partition coefficient (Wildman–Crippen LogP) is -0.106. The van der Waals surface area contributed by atoms with Gasteiger partial charge in [-0.3, -0.25) is 0 Å². The molecule has 0 fully saturated rings. The Kier molecular flexibility index (Phi) is 6.26. The van der Waals surface area contributed by atoms with E-state index in [2.05, 4.69) is 11.5 Å². The summed E-state index contributed by atoms with van der Waals surface area (Å²) in [5.74, 6) is 0.391. The van der Waals surface area contributed by atoms with Crippen LogP contribution in [0, 0.1) is 36.1 Å². The van der Waals surface area contributed by atoms with E-state index in [1.54, 1.807) is 0 Å². The zero-order valence-corrected chi connectivity index (χ0v) is 10.3. The summed E-state index contributed by atoms with van der Waals surface area (Å²) < 4.78 is 0. The van der Waals surface area contributed by atoms with Gasteiger partial charge in [-0.05, 0) is 20.8 Å². The van der Waals surface area contributed by atoms with Gasteiger partial charge >= 0.3 is 0 Å². The van der Waals surface area contributed by atoms with E-state index in [4.69, 9.17) is 11.5 Å². The van der Waals surface area contributed by atoms with Gasteiger partial charge in [-0.2, -0.15) is 0 Å². The van der Waals surface area contributed by atoms with Gasteiger partial charge in [-0.15, -0.1) is 0 Å². The molecule has 4 heteroatoms. The fourth-order valence-corrected chi connectivity index (χ4v) is 0.440. The molecule has 0 unspecified atom stereocenters. The van der Waals surface area contributed by atoms with Crippen LogP contribution in [0.25, 0.3) is 0 Å². The van der Waals surface area contributed by atoms with E-state index >= 15 is 0 Å². The zero-order chi connectivity index (χ0) is 7.49. The molecular weight excluding hydrogens is 351 g/mol. The Bertz CT molecular complexity index is 115. The molecule has 5 N–H and O–H groups in total. The van der Waals surface area contributed by atoms with Crippen molar-refractivity contribution in [3.8, 4) is 0 Å². The zero-order valence-electron chi connectivity index (χ0n) is 6.60. The molecule has 0 aromatic carbocycles. The molecule has 0 atom stereocenters. The van der Waals surface area contributed by atoms with E-state index in [0.29, 0.717) is 5.82 Å². The van der Waals surface area contributed by atoms with Gasteiger partial charge in [0.15, 0.2) is 0 Å². The first-order valence-corrected chi connectivity index (χ1v) is 2.83. The molecule has 0 aliphatic carbocycles. The first-order chi connectivity index (χ1) is 3.95. The van der Waals surface area contributed by atoms with Crippen molar-refractivity contribution >= 4 is 0 Å². The van der Waals surface area contributed by atoms with E-state index in [0.717, 1.165) is 0 Å². The maximum atomic E-state index is 5.33. The second kappa shape index (κ2) is 4.89. The molecule has 0 amide bonds. The van der Waals surface area contributed by atoms with Gasteiger partial charge in [0.2, 0.25) is 0 Å². The van der Waals surface area contributed by atoms with Crippen LogP contribution in [-0.2, 0) is 0 Å². The third kappa shape index (κ3) is 8.15. The van der Waals surface area contributed by atoms with Crippen LogP contribution < -0.4 is 16.8 Å². The van der Waals surface area contributed by atoms with Gasteiger partial charge in [-0.25, -0.2) is 0 Å². The largest absolute Gasteiger partial charge is 0.577 e. The van der Waals surface area contributed by atoms with Crippen LogP contribution in [0.3, 0.4) is 0 Å². The van der Waals surface area contributed by atoms with Crippen LogP contribution >= 0.6 is 0 Å². The molecule has 0 rings (SSSR count). The fraction of sp³-hybridized carbons (Fsp3) is 0.667. The van der Waals surface area contributed by atoms with Gasteiger partial charge < -0.3 is 23.0 Å². The third-order valence-electron chi connectivity index (χ3n) is 0.665. The molecule has 3 nitrogen and oxygen atoms in total. The fourth-order valence-electron chi connectivity index (χ4n) is 0.440. The van der Waals surface area contributed by atoms with Crippen molar-refractivity contribution in [3.05, 3.63) is 12.0 Å². The minimum Gasteiger partial charge on any atom is -0.577 e. The Morgan fingerprint density at radius 2 is 1.80 bits per heavy atom. The van der Waals surface area contributed by atoms with Crippen LogP contribution in [-0.4, -0.2) is 5.54 Å². The molecule has 59 valence electrons. The Balaban J connectivity index is 0. The van der Waals surface area contributed by atoms with Gasteiger partial charge in [0.05, 0.1) is 0 Å². The molecule has 0 aromatic rings. The molecule has 0 heterocycles. The summed E-state index contributed by atoms with van der Waals surface area (Å²) in [7, 11) is 0. The maximum absolute atomic E-state index is 5.33. The molecular formula is C6H14N3Np-.